The second-order valence-electron chi connectivity index (χ2n) is 7.03. The van der Waals surface area contributed by atoms with Gasteiger partial charge >= 0.3 is 0 Å². The molecule has 0 aliphatic carbocycles. The molecule has 1 aromatic heterocycles. The van der Waals surface area contributed by atoms with Gasteiger partial charge in [0.2, 0.25) is 0 Å². The lowest BCUT2D eigenvalue weighted by atomic mass is 9.98. The number of aromatic nitrogens is 1. The summed E-state index contributed by atoms with van der Waals surface area (Å²) in [6, 6.07) is 4.95. The van der Waals surface area contributed by atoms with E-state index in [0.717, 1.165) is 22.1 Å². The topological polar surface area (TPSA) is 75.3 Å². The molecule has 0 spiro atoms. The van der Waals surface area contributed by atoms with Crippen molar-refractivity contribution >= 4 is 53.4 Å². The lowest BCUT2D eigenvalue weighted by molar-refractivity contribution is 0.585. The molecule has 2 aromatic rings. The van der Waals surface area contributed by atoms with Crippen molar-refractivity contribution in [2.45, 2.75) is 38.7 Å². The Morgan fingerprint density at radius 3 is 2.64 bits per heavy atom. The lowest BCUT2D eigenvalue weighted by Crippen LogP contribution is -2.23. The quantitative estimate of drug-likeness (QED) is 0.239. The molecule has 1 aromatic carbocycles. The molecular formula is C19H25ClFN5S2. The van der Waals surface area contributed by atoms with Gasteiger partial charge in [0.25, 0.3) is 0 Å². The standard InChI is InChI=1S/C17H18ClFN4S.C2H7NS/c1-17(2,3)15-23-13(9-5-4-6-10(20)12(9)19)14(24-15)11-7-8-21-16(18)22-11;1-2-3-4/h4-8,16,22H,20H2,1-3H3;3-4H,2H2,1H3. The summed E-state index contributed by atoms with van der Waals surface area (Å²) in [5.41, 5.74) is 6.84. The SMILES string of the molecule is CC(C)(C)c1nc(-c2cccc(N)c2F)c(C2=CC=NC(Cl)N2)s1.CCNS. The van der Waals surface area contributed by atoms with E-state index >= 15 is 0 Å². The summed E-state index contributed by atoms with van der Waals surface area (Å²) in [7, 11) is 0. The number of halogens is 2. The summed E-state index contributed by atoms with van der Waals surface area (Å²) in [5.74, 6) is -0.461. The summed E-state index contributed by atoms with van der Waals surface area (Å²) in [5, 5.41) is 3.99. The molecule has 5 nitrogen and oxygen atoms in total. The average molecular weight is 442 g/mol. The first kappa shape index (κ1) is 22.7. The zero-order chi connectivity index (χ0) is 20.9. The molecular weight excluding hydrogens is 417 g/mol. The molecule has 0 amide bonds. The maximum atomic E-state index is 14.6. The van der Waals surface area contributed by atoms with Crippen LogP contribution in [-0.2, 0) is 5.41 Å². The second kappa shape index (κ2) is 9.73. The summed E-state index contributed by atoms with van der Waals surface area (Å²) in [6.07, 6.45) is 3.45. The number of nitrogen functional groups attached to an aromatic ring is 1. The minimum absolute atomic E-state index is 0.103. The van der Waals surface area contributed by atoms with Gasteiger partial charge < -0.3 is 11.1 Å². The van der Waals surface area contributed by atoms with Gasteiger partial charge in [-0.3, -0.25) is 9.71 Å². The van der Waals surface area contributed by atoms with Crippen LogP contribution in [0.15, 0.2) is 29.3 Å². The van der Waals surface area contributed by atoms with Gasteiger partial charge in [0, 0.05) is 23.7 Å². The molecule has 28 heavy (non-hydrogen) atoms. The number of benzene rings is 1. The van der Waals surface area contributed by atoms with Gasteiger partial charge in [-0.15, -0.1) is 11.3 Å². The minimum Gasteiger partial charge on any atom is -0.396 e. The van der Waals surface area contributed by atoms with Crippen molar-refractivity contribution in [3.05, 3.63) is 40.0 Å². The first-order chi connectivity index (χ1) is 13.2. The molecule has 1 atom stereocenters. The van der Waals surface area contributed by atoms with Gasteiger partial charge in [-0.25, -0.2) is 9.37 Å². The number of hydrogen-bond acceptors (Lipinski definition) is 7. The van der Waals surface area contributed by atoms with Crippen molar-refractivity contribution in [2.24, 2.45) is 4.99 Å². The lowest BCUT2D eigenvalue weighted by Gasteiger charge is -2.16. The number of anilines is 1. The summed E-state index contributed by atoms with van der Waals surface area (Å²) in [4.78, 5) is 9.57. The molecule has 2 heterocycles. The van der Waals surface area contributed by atoms with Gasteiger partial charge in [0.1, 0.15) is 0 Å². The minimum atomic E-state index is -0.552. The third kappa shape index (κ3) is 5.47. The van der Waals surface area contributed by atoms with E-state index in [9.17, 15) is 4.39 Å². The fourth-order valence-corrected chi connectivity index (χ4v) is 3.60. The molecule has 0 radical (unpaired) electrons. The number of allylic oxidation sites excluding steroid dienone is 1. The molecule has 9 heteroatoms. The summed E-state index contributed by atoms with van der Waals surface area (Å²) >= 11 is 11.2. The van der Waals surface area contributed by atoms with E-state index < -0.39 is 11.4 Å². The molecule has 4 N–H and O–H groups in total. The Morgan fingerprint density at radius 1 is 1.39 bits per heavy atom. The smallest absolute Gasteiger partial charge is 0.195 e. The highest BCUT2D eigenvalue weighted by molar-refractivity contribution is 7.78. The monoisotopic (exact) mass is 441 g/mol. The maximum Gasteiger partial charge on any atom is 0.195 e. The van der Waals surface area contributed by atoms with Crippen molar-refractivity contribution in [3.8, 4) is 11.3 Å². The molecule has 3 rings (SSSR count). The van der Waals surface area contributed by atoms with Crippen LogP contribution in [0, 0.1) is 5.82 Å². The molecule has 0 bridgehead atoms. The Morgan fingerprint density at radius 2 is 2.07 bits per heavy atom. The van der Waals surface area contributed by atoms with Crippen LogP contribution >= 0.6 is 35.8 Å². The maximum absolute atomic E-state index is 14.6. The fourth-order valence-electron chi connectivity index (χ4n) is 2.29. The highest BCUT2D eigenvalue weighted by Crippen LogP contribution is 2.39. The summed E-state index contributed by atoms with van der Waals surface area (Å²) < 4.78 is 17.2. The van der Waals surface area contributed by atoms with E-state index in [1.807, 2.05) is 13.0 Å². The number of nitrogens with zero attached hydrogens (tertiary/aromatic N) is 2. The van der Waals surface area contributed by atoms with E-state index in [1.54, 1.807) is 18.3 Å². The number of thiazole rings is 1. The van der Waals surface area contributed by atoms with E-state index in [4.69, 9.17) is 22.3 Å². The van der Waals surface area contributed by atoms with Crippen LogP contribution in [0.5, 0.6) is 0 Å². The highest BCUT2D eigenvalue weighted by atomic mass is 35.5. The predicted molar refractivity (Wildman–Crippen MR) is 123 cm³/mol. The molecule has 1 aliphatic rings. The number of alkyl halides is 1. The zero-order valence-corrected chi connectivity index (χ0v) is 18.7. The number of rotatable bonds is 3. The Labute approximate surface area is 179 Å². The Hall–Kier alpha value is -1.61. The van der Waals surface area contributed by atoms with Crippen LogP contribution in [-0.4, -0.2) is 23.4 Å². The predicted octanol–water partition coefficient (Wildman–Crippen LogP) is 4.81. The van der Waals surface area contributed by atoms with Crippen molar-refractivity contribution in [2.75, 3.05) is 12.3 Å². The van der Waals surface area contributed by atoms with E-state index in [2.05, 4.69) is 48.6 Å². The molecule has 1 unspecified atom stereocenters. The van der Waals surface area contributed by atoms with Crippen LogP contribution in [0.4, 0.5) is 10.1 Å². The van der Waals surface area contributed by atoms with Crippen molar-refractivity contribution in [3.63, 3.8) is 0 Å². The second-order valence-corrected chi connectivity index (χ2v) is 8.75. The van der Waals surface area contributed by atoms with Gasteiger partial charge in [0.05, 0.1) is 27.0 Å². The number of aliphatic imine (C=N–C) groups is 1. The largest absolute Gasteiger partial charge is 0.396 e. The first-order valence-corrected chi connectivity index (χ1v) is 10.5. The van der Waals surface area contributed by atoms with Crippen LogP contribution in [0.3, 0.4) is 0 Å². The molecule has 0 fully saturated rings. The number of hydrogen-bond donors (Lipinski definition) is 4. The normalized spacial score (nSPS) is 16.1. The van der Waals surface area contributed by atoms with E-state index in [0.29, 0.717) is 11.3 Å². The van der Waals surface area contributed by atoms with Gasteiger partial charge in [0.15, 0.2) is 11.4 Å². The van der Waals surface area contributed by atoms with Crippen molar-refractivity contribution in [1.82, 2.24) is 15.0 Å². The molecule has 0 saturated carbocycles. The average Bonchev–Trinajstić information content (AvgIpc) is 3.10. The first-order valence-electron chi connectivity index (χ1n) is 8.76. The van der Waals surface area contributed by atoms with Crippen molar-refractivity contribution in [1.29, 1.82) is 0 Å². The fraction of sp³-hybridized carbons (Fsp3) is 0.368. The van der Waals surface area contributed by atoms with E-state index in [-0.39, 0.29) is 11.1 Å². The summed E-state index contributed by atoms with van der Waals surface area (Å²) in [6.45, 7) is 9.15. The van der Waals surface area contributed by atoms with Crippen molar-refractivity contribution < 1.29 is 4.39 Å². The number of nitrogens with one attached hydrogen (secondary N) is 2. The van der Waals surface area contributed by atoms with Crippen LogP contribution < -0.4 is 15.8 Å². The molecule has 0 saturated heterocycles. The Balaban J connectivity index is 0.000000640. The number of thiol groups is 1. The van der Waals surface area contributed by atoms with Gasteiger partial charge in [-0.05, 0) is 18.2 Å². The third-order valence-electron chi connectivity index (χ3n) is 3.69. The highest BCUT2D eigenvalue weighted by Gasteiger charge is 2.26. The van der Waals surface area contributed by atoms with Gasteiger partial charge in [-0.2, -0.15) is 0 Å². The van der Waals surface area contributed by atoms with Crippen LogP contribution in [0.25, 0.3) is 17.0 Å². The van der Waals surface area contributed by atoms with E-state index in [1.165, 1.54) is 17.4 Å². The third-order valence-corrected chi connectivity index (χ3v) is 5.74. The Kier molecular flexibility index (Phi) is 7.88. The number of nitrogens with two attached hydrogens (primary N) is 1. The van der Waals surface area contributed by atoms with Crippen LogP contribution in [0.2, 0.25) is 0 Å². The molecule has 152 valence electrons. The molecule has 1 aliphatic heterocycles. The zero-order valence-electron chi connectivity index (χ0n) is 16.3. The van der Waals surface area contributed by atoms with Gasteiger partial charge in [-0.1, -0.05) is 58.2 Å². The van der Waals surface area contributed by atoms with Crippen LogP contribution in [0.1, 0.15) is 37.6 Å². The Bertz CT molecular complexity index is 872.